The zero-order chi connectivity index (χ0) is 18.8. The summed E-state index contributed by atoms with van der Waals surface area (Å²) in [6.07, 6.45) is 0.738. The summed E-state index contributed by atoms with van der Waals surface area (Å²) in [7, 11) is 1.64. The normalized spacial score (nSPS) is 13.2. The molecule has 0 radical (unpaired) electrons. The molecule has 1 aromatic heterocycles. The van der Waals surface area contributed by atoms with Crippen molar-refractivity contribution < 1.29 is 9.53 Å². The van der Waals surface area contributed by atoms with Gasteiger partial charge in [-0.2, -0.15) is 5.10 Å². The fourth-order valence-electron chi connectivity index (χ4n) is 3.22. The number of aromatic amines is 1. The van der Waals surface area contributed by atoms with Gasteiger partial charge in [0.25, 0.3) is 0 Å². The van der Waals surface area contributed by atoms with Crippen molar-refractivity contribution in [2.24, 2.45) is 0 Å². The van der Waals surface area contributed by atoms with E-state index in [9.17, 15) is 4.79 Å². The Labute approximate surface area is 162 Å². The monoisotopic (exact) mass is 382 g/mol. The van der Waals surface area contributed by atoms with Gasteiger partial charge in [-0.3, -0.25) is 5.10 Å². The number of halogens is 1. The van der Waals surface area contributed by atoms with E-state index in [2.05, 4.69) is 15.5 Å². The van der Waals surface area contributed by atoms with Crippen molar-refractivity contribution in [1.82, 2.24) is 15.1 Å². The van der Waals surface area contributed by atoms with Crippen molar-refractivity contribution >= 4 is 23.3 Å². The molecule has 0 unspecified atom stereocenters. The van der Waals surface area contributed by atoms with Crippen LogP contribution in [0.1, 0.15) is 11.3 Å². The van der Waals surface area contributed by atoms with Gasteiger partial charge in [-0.25, -0.2) is 4.79 Å². The zero-order valence-corrected chi connectivity index (χ0v) is 15.6. The first kappa shape index (κ1) is 17.4. The second-order valence-electron chi connectivity index (χ2n) is 6.37. The van der Waals surface area contributed by atoms with Gasteiger partial charge in [0.2, 0.25) is 0 Å². The number of fused-ring (bicyclic) bond motifs is 1. The van der Waals surface area contributed by atoms with Crippen LogP contribution in [0.5, 0.6) is 5.75 Å². The smallest absolute Gasteiger partial charge is 0.322 e. The Morgan fingerprint density at radius 1 is 1.26 bits per heavy atom. The van der Waals surface area contributed by atoms with Gasteiger partial charge >= 0.3 is 6.03 Å². The molecule has 0 saturated carbocycles. The van der Waals surface area contributed by atoms with Crippen LogP contribution >= 0.6 is 11.6 Å². The fraction of sp³-hybridized carbons (Fsp3) is 0.200. The molecule has 2 N–H and O–H groups in total. The number of carbonyl (C=O) groups is 1. The fourth-order valence-corrected chi connectivity index (χ4v) is 3.42. The second-order valence-corrected chi connectivity index (χ2v) is 6.81. The molecular formula is C20H19ClN4O2. The zero-order valence-electron chi connectivity index (χ0n) is 14.8. The quantitative estimate of drug-likeness (QED) is 0.708. The van der Waals surface area contributed by atoms with E-state index >= 15 is 0 Å². The number of carbonyl (C=O) groups excluding carboxylic acids is 1. The van der Waals surface area contributed by atoms with Crippen LogP contribution in [0.4, 0.5) is 10.5 Å². The number of methoxy groups -OCH3 is 1. The number of H-pyrrole nitrogens is 1. The summed E-state index contributed by atoms with van der Waals surface area (Å²) in [5.41, 5.74) is 4.67. The third-order valence-corrected chi connectivity index (χ3v) is 4.90. The van der Waals surface area contributed by atoms with Gasteiger partial charge in [-0.1, -0.05) is 17.7 Å². The summed E-state index contributed by atoms with van der Waals surface area (Å²) in [4.78, 5) is 14.4. The van der Waals surface area contributed by atoms with Gasteiger partial charge in [0, 0.05) is 40.5 Å². The highest BCUT2D eigenvalue weighted by molar-refractivity contribution is 6.30. The number of aromatic nitrogens is 2. The van der Waals surface area contributed by atoms with Gasteiger partial charge in [-0.15, -0.1) is 0 Å². The number of hydrogen-bond donors (Lipinski definition) is 2. The number of nitrogens with one attached hydrogen (secondary N) is 2. The highest BCUT2D eigenvalue weighted by Gasteiger charge is 2.25. The van der Waals surface area contributed by atoms with Crippen molar-refractivity contribution in [3.05, 3.63) is 64.8 Å². The molecule has 0 saturated heterocycles. The minimum Gasteiger partial charge on any atom is -0.497 e. The Morgan fingerprint density at radius 2 is 2.07 bits per heavy atom. The first-order valence-corrected chi connectivity index (χ1v) is 9.04. The molecule has 1 aliphatic rings. The van der Waals surface area contributed by atoms with Gasteiger partial charge < -0.3 is 15.0 Å². The van der Waals surface area contributed by atoms with Crippen LogP contribution in [0, 0.1) is 0 Å². The van der Waals surface area contributed by atoms with Crippen molar-refractivity contribution in [3.63, 3.8) is 0 Å². The van der Waals surface area contributed by atoms with E-state index < -0.39 is 0 Å². The first-order valence-electron chi connectivity index (χ1n) is 8.66. The molecule has 2 amide bonds. The highest BCUT2D eigenvalue weighted by Crippen LogP contribution is 2.29. The van der Waals surface area contributed by atoms with Crippen LogP contribution < -0.4 is 10.1 Å². The lowest BCUT2D eigenvalue weighted by Gasteiger charge is -2.27. The van der Waals surface area contributed by atoms with Crippen molar-refractivity contribution in [2.45, 2.75) is 13.0 Å². The molecular weight excluding hydrogens is 364 g/mol. The predicted octanol–water partition coefficient (Wildman–Crippen LogP) is 4.33. The molecule has 2 heterocycles. The summed E-state index contributed by atoms with van der Waals surface area (Å²) in [5, 5.41) is 11.1. The average Bonchev–Trinajstić information content (AvgIpc) is 3.11. The number of benzene rings is 2. The third-order valence-electron chi connectivity index (χ3n) is 4.66. The topological polar surface area (TPSA) is 70.2 Å². The van der Waals surface area contributed by atoms with Crippen LogP contribution in [0.2, 0.25) is 5.02 Å². The molecule has 7 heteroatoms. The van der Waals surface area contributed by atoms with Crippen LogP contribution in [-0.4, -0.2) is 34.8 Å². The summed E-state index contributed by atoms with van der Waals surface area (Å²) in [6, 6.07) is 14.7. The Morgan fingerprint density at radius 3 is 2.81 bits per heavy atom. The summed E-state index contributed by atoms with van der Waals surface area (Å²) in [6.45, 7) is 1.13. The Bertz CT molecular complexity index is 968. The maximum atomic E-state index is 12.7. The van der Waals surface area contributed by atoms with Gasteiger partial charge in [0.15, 0.2) is 0 Å². The molecule has 0 spiro atoms. The lowest BCUT2D eigenvalue weighted by molar-refractivity contribution is 0.206. The molecule has 6 nitrogen and oxygen atoms in total. The van der Waals surface area contributed by atoms with Crippen LogP contribution in [0.15, 0.2) is 48.5 Å². The number of rotatable bonds is 3. The van der Waals surface area contributed by atoms with Crippen LogP contribution in [0.25, 0.3) is 11.3 Å². The maximum Gasteiger partial charge on any atom is 0.322 e. The van der Waals surface area contributed by atoms with Crippen molar-refractivity contribution in [1.29, 1.82) is 0 Å². The van der Waals surface area contributed by atoms with E-state index in [0.29, 0.717) is 23.8 Å². The summed E-state index contributed by atoms with van der Waals surface area (Å²) in [5.74, 6) is 0.797. The molecule has 0 aliphatic carbocycles. The molecule has 0 bridgehead atoms. The summed E-state index contributed by atoms with van der Waals surface area (Å²) >= 11 is 5.99. The van der Waals surface area contributed by atoms with E-state index in [0.717, 1.165) is 34.7 Å². The summed E-state index contributed by atoms with van der Waals surface area (Å²) < 4.78 is 5.21. The van der Waals surface area contributed by atoms with Crippen LogP contribution in [-0.2, 0) is 13.0 Å². The minimum absolute atomic E-state index is 0.148. The van der Waals surface area contributed by atoms with Crippen LogP contribution in [0.3, 0.4) is 0 Å². The molecule has 1 aliphatic heterocycles. The number of anilines is 1. The third kappa shape index (κ3) is 3.61. The SMILES string of the molecule is COc1ccc(-c2n[nH]c3c2CN(C(=O)Nc2cccc(Cl)c2)CC3)cc1. The Balaban J connectivity index is 1.53. The molecule has 0 fully saturated rings. The standard InChI is InChI=1S/C20H19ClN4O2/c1-27-16-7-5-13(6-8-16)19-17-12-25(10-9-18(17)23-24-19)20(26)22-15-4-2-3-14(21)11-15/h2-8,11H,9-10,12H2,1H3,(H,22,26)(H,23,24). The Hall–Kier alpha value is -2.99. The Kier molecular flexibility index (Phi) is 4.73. The molecule has 138 valence electrons. The molecule has 0 atom stereocenters. The van der Waals surface area contributed by atoms with Gasteiger partial charge in [0.05, 0.1) is 19.3 Å². The van der Waals surface area contributed by atoms with Gasteiger partial charge in [0.1, 0.15) is 5.75 Å². The number of amides is 2. The number of ether oxygens (including phenoxy) is 1. The maximum absolute atomic E-state index is 12.7. The highest BCUT2D eigenvalue weighted by atomic mass is 35.5. The van der Waals surface area contributed by atoms with E-state index in [1.165, 1.54) is 0 Å². The lowest BCUT2D eigenvalue weighted by Crippen LogP contribution is -2.38. The number of nitrogens with zero attached hydrogens (tertiary/aromatic N) is 2. The van der Waals surface area contributed by atoms with Gasteiger partial charge in [-0.05, 0) is 42.5 Å². The van der Waals surface area contributed by atoms with E-state index in [1.807, 2.05) is 36.4 Å². The molecule has 3 aromatic rings. The van der Waals surface area contributed by atoms with Crippen molar-refractivity contribution in [2.75, 3.05) is 19.0 Å². The second kappa shape index (κ2) is 7.32. The molecule has 27 heavy (non-hydrogen) atoms. The van der Waals surface area contributed by atoms with E-state index in [1.54, 1.807) is 24.1 Å². The average molecular weight is 383 g/mol. The number of hydrogen-bond acceptors (Lipinski definition) is 3. The van der Waals surface area contributed by atoms with E-state index in [4.69, 9.17) is 16.3 Å². The molecule has 4 rings (SSSR count). The minimum atomic E-state index is -0.148. The predicted molar refractivity (Wildman–Crippen MR) is 105 cm³/mol. The number of urea groups is 1. The first-order chi connectivity index (χ1) is 13.1. The lowest BCUT2D eigenvalue weighted by atomic mass is 10.0. The van der Waals surface area contributed by atoms with Crippen molar-refractivity contribution in [3.8, 4) is 17.0 Å². The van der Waals surface area contributed by atoms with E-state index in [-0.39, 0.29) is 6.03 Å². The largest absolute Gasteiger partial charge is 0.497 e. The molecule has 2 aromatic carbocycles.